The summed E-state index contributed by atoms with van der Waals surface area (Å²) in [6.45, 7) is 5.18. The van der Waals surface area contributed by atoms with E-state index in [2.05, 4.69) is 36.1 Å². The van der Waals surface area contributed by atoms with Gasteiger partial charge >= 0.3 is 0 Å². The standard InChI is InChI=1S/C16H21Cl2N3/c1-13(2)9-21-15(19-12-20-21)8-16(10-17,11-18)14-6-4-3-5-7-14/h3-7,12-13H,8-11H2,1-2H3. The molecule has 0 spiro atoms. The lowest BCUT2D eigenvalue weighted by Gasteiger charge is -2.30. The van der Waals surface area contributed by atoms with E-state index in [0.717, 1.165) is 17.9 Å². The van der Waals surface area contributed by atoms with Crippen LogP contribution in [0.1, 0.15) is 25.2 Å². The Morgan fingerprint density at radius 3 is 2.38 bits per heavy atom. The molecule has 0 amide bonds. The van der Waals surface area contributed by atoms with E-state index in [1.165, 1.54) is 0 Å². The fourth-order valence-electron chi connectivity index (χ4n) is 2.40. The quantitative estimate of drug-likeness (QED) is 0.723. The minimum Gasteiger partial charge on any atom is -0.250 e. The molecule has 2 aromatic rings. The largest absolute Gasteiger partial charge is 0.250 e. The van der Waals surface area contributed by atoms with Crippen LogP contribution in [0.25, 0.3) is 0 Å². The molecule has 2 rings (SSSR count). The third-order valence-corrected chi connectivity index (χ3v) is 4.65. The lowest BCUT2D eigenvalue weighted by molar-refractivity contribution is 0.437. The number of rotatable bonds is 7. The molecule has 1 aromatic carbocycles. The summed E-state index contributed by atoms with van der Waals surface area (Å²) in [5.74, 6) is 2.36. The monoisotopic (exact) mass is 325 g/mol. The van der Waals surface area contributed by atoms with E-state index in [1.807, 2.05) is 22.9 Å². The van der Waals surface area contributed by atoms with Crippen molar-refractivity contribution in [3.63, 3.8) is 0 Å². The third-order valence-electron chi connectivity index (χ3n) is 3.63. The SMILES string of the molecule is CC(C)Cn1ncnc1CC(CCl)(CCl)c1ccccc1. The molecule has 0 saturated heterocycles. The Labute approximate surface area is 136 Å². The molecule has 114 valence electrons. The Morgan fingerprint density at radius 1 is 1.14 bits per heavy atom. The van der Waals surface area contributed by atoms with Crippen LogP contribution in [0.5, 0.6) is 0 Å². The van der Waals surface area contributed by atoms with Gasteiger partial charge in [-0.2, -0.15) is 5.10 Å². The predicted octanol–water partition coefficient (Wildman–Crippen LogP) is 3.89. The van der Waals surface area contributed by atoms with E-state index in [0.29, 0.717) is 24.1 Å². The first-order chi connectivity index (χ1) is 10.1. The number of benzene rings is 1. The number of halogens is 2. The highest BCUT2D eigenvalue weighted by Gasteiger charge is 2.32. The van der Waals surface area contributed by atoms with E-state index in [-0.39, 0.29) is 5.41 Å². The molecule has 3 nitrogen and oxygen atoms in total. The molecular weight excluding hydrogens is 305 g/mol. The lowest BCUT2D eigenvalue weighted by Crippen LogP contribution is -2.34. The van der Waals surface area contributed by atoms with E-state index < -0.39 is 0 Å². The molecule has 0 fully saturated rings. The van der Waals surface area contributed by atoms with E-state index in [1.54, 1.807) is 6.33 Å². The van der Waals surface area contributed by atoms with Crippen LogP contribution in [0.2, 0.25) is 0 Å². The van der Waals surface area contributed by atoms with Gasteiger partial charge in [0.15, 0.2) is 0 Å². The molecule has 21 heavy (non-hydrogen) atoms. The minimum absolute atomic E-state index is 0.313. The Kier molecular flexibility index (Phi) is 5.65. The number of nitrogens with zero attached hydrogens (tertiary/aromatic N) is 3. The highest BCUT2D eigenvalue weighted by atomic mass is 35.5. The van der Waals surface area contributed by atoms with Gasteiger partial charge in [0, 0.05) is 30.1 Å². The highest BCUT2D eigenvalue weighted by Crippen LogP contribution is 2.31. The first-order valence-corrected chi connectivity index (χ1v) is 8.22. The maximum Gasteiger partial charge on any atom is 0.138 e. The maximum atomic E-state index is 6.29. The van der Waals surface area contributed by atoms with Gasteiger partial charge in [0.1, 0.15) is 12.2 Å². The van der Waals surface area contributed by atoms with Crippen LogP contribution >= 0.6 is 23.2 Å². The molecular formula is C16H21Cl2N3. The summed E-state index contributed by atoms with van der Waals surface area (Å²) in [5.41, 5.74) is 0.834. The summed E-state index contributed by atoms with van der Waals surface area (Å²) in [6, 6.07) is 10.2. The Bertz CT molecular complexity index is 548. The zero-order valence-corrected chi connectivity index (χ0v) is 14.0. The van der Waals surface area contributed by atoms with Gasteiger partial charge in [-0.3, -0.25) is 0 Å². The molecule has 0 atom stereocenters. The van der Waals surface area contributed by atoms with E-state index >= 15 is 0 Å². The van der Waals surface area contributed by atoms with Gasteiger partial charge in [-0.25, -0.2) is 9.67 Å². The molecule has 0 aliphatic carbocycles. The summed E-state index contributed by atoms with van der Waals surface area (Å²) in [4.78, 5) is 4.41. The molecule has 1 heterocycles. The number of hydrogen-bond donors (Lipinski definition) is 0. The lowest BCUT2D eigenvalue weighted by atomic mass is 9.81. The van der Waals surface area contributed by atoms with Gasteiger partial charge in [0.2, 0.25) is 0 Å². The first-order valence-electron chi connectivity index (χ1n) is 7.15. The molecule has 0 aliphatic heterocycles. The summed E-state index contributed by atoms with van der Waals surface area (Å²) in [5, 5.41) is 4.32. The van der Waals surface area contributed by atoms with Crippen molar-refractivity contribution >= 4 is 23.2 Å². The molecule has 0 aliphatic rings. The maximum absolute atomic E-state index is 6.29. The predicted molar refractivity (Wildman–Crippen MR) is 88.1 cm³/mol. The molecule has 0 bridgehead atoms. The van der Waals surface area contributed by atoms with Gasteiger partial charge in [-0.15, -0.1) is 23.2 Å². The van der Waals surface area contributed by atoms with Crippen LogP contribution in [0, 0.1) is 5.92 Å². The van der Waals surface area contributed by atoms with Crippen molar-refractivity contribution in [1.29, 1.82) is 0 Å². The average Bonchev–Trinajstić information content (AvgIpc) is 2.92. The number of aromatic nitrogens is 3. The van der Waals surface area contributed by atoms with Crippen LogP contribution in [-0.4, -0.2) is 26.5 Å². The summed E-state index contributed by atoms with van der Waals surface area (Å²) < 4.78 is 1.96. The highest BCUT2D eigenvalue weighted by molar-refractivity contribution is 6.22. The molecule has 0 N–H and O–H groups in total. The molecule has 0 radical (unpaired) electrons. The van der Waals surface area contributed by atoms with Crippen LogP contribution < -0.4 is 0 Å². The molecule has 1 aromatic heterocycles. The summed E-state index contributed by atoms with van der Waals surface area (Å²) in [6.07, 6.45) is 2.30. The molecule has 0 saturated carbocycles. The van der Waals surface area contributed by atoms with E-state index in [4.69, 9.17) is 23.2 Å². The zero-order chi connectivity index (χ0) is 15.3. The smallest absolute Gasteiger partial charge is 0.138 e. The van der Waals surface area contributed by atoms with Crippen molar-refractivity contribution in [2.75, 3.05) is 11.8 Å². The average molecular weight is 326 g/mol. The second-order valence-electron chi connectivity index (χ2n) is 5.84. The fourth-order valence-corrected chi connectivity index (χ4v) is 3.19. The minimum atomic E-state index is -0.313. The van der Waals surface area contributed by atoms with Gasteiger partial charge in [-0.05, 0) is 11.5 Å². The van der Waals surface area contributed by atoms with Crippen molar-refractivity contribution in [3.8, 4) is 0 Å². The third kappa shape index (κ3) is 3.78. The zero-order valence-electron chi connectivity index (χ0n) is 12.5. The van der Waals surface area contributed by atoms with Crippen LogP contribution in [0.3, 0.4) is 0 Å². The Balaban J connectivity index is 2.31. The number of hydrogen-bond acceptors (Lipinski definition) is 2. The van der Waals surface area contributed by atoms with Gasteiger partial charge in [-0.1, -0.05) is 44.2 Å². The van der Waals surface area contributed by atoms with Crippen molar-refractivity contribution < 1.29 is 0 Å². The van der Waals surface area contributed by atoms with Gasteiger partial charge < -0.3 is 0 Å². The fraction of sp³-hybridized carbons (Fsp3) is 0.500. The second-order valence-corrected chi connectivity index (χ2v) is 6.38. The van der Waals surface area contributed by atoms with Crippen molar-refractivity contribution in [3.05, 3.63) is 48.0 Å². The molecule has 5 heteroatoms. The van der Waals surface area contributed by atoms with Crippen molar-refractivity contribution in [1.82, 2.24) is 14.8 Å². The Morgan fingerprint density at radius 2 is 1.81 bits per heavy atom. The number of alkyl halides is 2. The molecule has 0 unspecified atom stereocenters. The van der Waals surface area contributed by atoms with Crippen LogP contribution in [0.4, 0.5) is 0 Å². The topological polar surface area (TPSA) is 30.7 Å². The van der Waals surface area contributed by atoms with Crippen molar-refractivity contribution in [2.24, 2.45) is 5.92 Å². The van der Waals surface area contributed by atoms with Gasteiger partial charge in [0.05, 0.1) is 0 Å². The van der Waals surface area contributed by atoms with Crippen molar-refractivity contribution in [2.45, 2.75) is 32.2 Å². The van der Waals surface area contributed by atoms with E-state index in [9.17, 15) is 0 Å². The summed E-state index contributed by atoms with van der Waals surface area (Å²) >= 11 is 12.6. The second kappa shape index (κ2) is 7.28. The van der Waals surface area contributed by atoms with Crippen LogP contribution in [0.15, 0.2) is 36.7 Å². The summed E-state index contributed by atoms with van der Waals surface area (Å²) in [7, 11) is 0. The van der Waals surface area contributed by atoms with Crippen LogP contribution in [-0.2, 0) is 18.4 Å². The normalized spacial score (nSPS) is 12.0. The Hall–Kier alpha value is -1.06. The van der Waals surface area contributed by atoms with Gasteiger partial charge in [0.25, 0.3) is 0 Å². The first kappa shape index (κ1) is 16.3.